The Morgan fingerprint density at radius 1 is 0.846 bits per heavy atom. The Hall–Kier alpha value is -3.16. The first-order valence-electron chi connectivity index (χ1n) is 8.08. The second kappa shape index (κ2) is 6.62. The first-order chi connectivity index (χ1) is 12.7. The molecule has 0 aliphatic carbocycles. The van der Waals surface area contributed by atoms with Crippen molar-refractivity contribution in [3.8, 4) is 28.5 Å². The SMILES string of the molecule is N#Cc1c(-c2cccc(Br)c2)cc(-c2ccc3ccccc3c2)[nH]c1=O. The van der Waals surface area contributed by atoms with E-state index in [1.807, 2.05) is 78.9 Å². The van der Waals surface area contributed by atoms with Gasteiger partial charge in [0.15, 0.2) is 0 Å². The van der Waals surface area contributed by atoms with Gasteiger partial charge in [-0.05, 0) is 46.2 Å². The van der Waals surface area contributed by atoms with E-state index in [1.54, 1.807) is 0 Å². The highest BCUT2D eigenvalue weighted by molar-refractivity contribution is 9.10. The first kappa shape index (κ1) is 16.3. The van der Waals surface area contributed by atoms with Gasteiger partial charge < -0.3 is 4.98 Å². The van der Waals surface area contributed by atoms with Gasteiger partial charge in [-0.1, -0.05) is 64.5 Å². The van der Waals surface area contributed by atoms with Gasteiger partial charge in [0.1, 0.15) is 11.6 Å². The fraction of sp³-hybridized carbons (Fsp3) is 0. The van der Waals surface area contributed by atoms with Gasteiger partial charge in [0.25, 0.3) is 5.56 Å². The molecule has 3 nitrogen and oxygen atoms in total. The molecular weight excluding hydrogens is 388 g/mol. The highest BCUT2D eigenvalue weighted by Crippen LogP contribution is 2.29. The average Bonchev–Trinajstić information content (AvgIpc) is 2.67. The lowest BCUT2D eigenvalue weighted by atomic mass is 9.98. The molecule has 0 saturated carbocycles. The number of hydrogen-bond acceptors (Lipinski definition) is 2. The van der Waals surface area contributed by atoms with Crippen LogP contribution in [-0.4, -0.2) is 4.98 Å². The monoisotopic (exact) mass is 400 g/mol. The zero-order valence-electron chi connectivity index (χ0n) is 13.7. The molecule has 26 heavy (non-hydrogen) atoms. The Labute approximate surface area is 158 Å². The summed E-state index contributed by atoms with van der Waals surface area (Å²) >= 11 is 3.45. The number of fused-ring (bicyclic) bond motifs is 1. The molecule has 0 aliphatic heterocycles. The van der Waals surface area contributed by atoms with Crippen LogP contribution in [-0.2, 0) is 0 Å². The van der Waals surface area contributed by atoms with Gasteiger partial charge in [0.05, 0.1) is 0 Å². The van der Waals surface area contributed by atoms with E-state index in [-0.39, 0.29) is 11.1 Å². The van der Waals surface area contributed by atoms with E-state index in [1.165, 1.54) is 0 Å². The zero-order valence-corrected chi connectivity index (χ0v) is 15.2. The average molecular weight is 401 g/mol. The molecule has 1 N–H and O–H groups in total. The maximum atomic E-state index is 12.5. The van der Waals surface area contributed by atoms with E-state index in [4.69, 9.17) is 0 Å². The molecule has 0 atom stereocenters. The van der Waals surface area contributed by atoms with E-state index < -0.39 is 0 Å². The fourth-order valence-electron chi connectivity index (χ4n) is 3.07. The predicted octanol–water partition coefficient (Wildman–Crippen LogP) is 5.50. The third-order valence-electron chi connectivity index (χ3n) is 4.34. The Kier molecular flexibility index (Phi) is 4.16. The summed E-state index contributed by atoms with van der Waals surface area (Å²) in [6, 6.07) is 25.6. The number of pyridine rings is 1. The van der Waals surface area contributed by atoms with Crippen LogP contribution in [0.25, 0.3) is 33.2 Å². The largest absolute Gasteiger partial charge is 0.321 e. The van der Waals surface area contributed by atoms with Crippen LogP contribution in [0.4, 0.5) is 0 Å². The lowest BCUT2D eigenvalue weighted by Gasteiger charge is -2.09. The number of nitrogens with zero attached hydrogens (tertiary/aromatic N) is 1. The van der Waals surface area contributed by atoms with Crippen LogP contribution in [0.3, 0.4) is 0 Å². The van der Waals surface area contributed by atoms with Crippen molar-refractivity contribution in [2.24, 2.45) is 0 Å². The fourth-order valence-corrected chi connectivity index (χ4v) is 3.47. The highest BCUT2D eigenvalue weighted by Gasteiger charge is 2.13. The molecule has 0 saturated heterocycles. The van der Waals surface area contributed by atoms with Gasteiger partial charge in [-0.2, -0.15) is 5.26 Å². The van der Waals surface area contributed by atoms with Gasteiger partial charge in [-0.15, -0.1) is 0 Å². The van der Waals surface area contributed by atoms with Crippen molar-refractivity contribution in [2.75, 3.05) is 0 Å². The number of aromatic nitrogens is 1. The summed E-state index contributed by atoms with van der Waals surface area (Å²) < 4.78 is 0.895. The van der Waals surface area contributed by atoms with Gasteiger partial charge in [-0.3, -0.25) is 4.79 Å². The van der Waals surface area contributed by atoms with Crippen molar-refractivity contribution in [1.82, 2.24) is 4.98 Å². The van der Waals surface area contributed by atoms with Crippen molar-refractivity contribution in [3.05, 3.63) is 93.2 Å². The second-order valence-electron chi connectivity index (χ2n) is 5.98. The van der Waals surface area contributed by atoms with E-state index in [2.05, 4.69) is 20.9 Å². The smallest absolute Gasteiger partial charge is 0.266 e. The maximum absolute atomic E-state index is 12.5. The molecular formula is C22H13BrN2O. The molecule has 0 radical (unpaired) electrons. The quantitative estimate of drug-likeness (QED) is 0.483. The number of rotatable bonds is 2. The van der Waals surface area contributed by atoms with Gasteiger partial charge in [0, 0.05) is 15.7 Å². The number of hydrogen-bond donors (Lipinski definition) is 1. The van der Waals surface area contributed by atoms with Crippen LogP contribution in [0.2, 0.25) is 0 Å². The van der Waals surface area contributed by atoms with Crippen LogP contribution in [0, 0.1) is 11.3 Å². The Morgan fingerprint density at radius 3 is 2.42 bits per heavy atom. The predicted molar refractivity (Wildman–Crippen MR) is 108 cm³/mol. The minimum absolute atomic E-state index is 0.118. The number of nitrogens with one attached hydrogen (secondary N) is 1. The van der Waals surface area contributed by atoms with Crippen molar-refractivity contribution < 1.29 is 0 Å². The summed E-state index contributed by atoms with van der Waals surface area (Å²) in [5.74, 6) is 0. The lowest BCUT2D eigenvalue weighted by Crippen LogP contribution is -2.12. The molecule has 4 aromatic rings. The minimum atomic E-state index is -0.381. The molecule has 0 amide bonds. The molecule has 0 spiro atoms. The summed E-state index contributed by atoms with van der Waals surface area (Å²) in [7, 11) is 0. The lowest BCUT2D eigenvalue weighted by molar-refractivity contribution is 1.22. The Bertz CT molecular complexity index is 1230. The molecule has 3 aromatic carbocycles. The molecule has 0 aliphatic rings. The van der Waals surface area contributed by atoms with Crippen LogP contribution >= 0.6 is 15.9 Å². The zero-order chi connectivity index (χ0) is 18.1. The summed E-state index contributed by atoms with van der Waals surface area (Å²) in [5, 5.41) is 11.7. The van der Waals surface area contributed by atoms with Crippen LogP contribution in [0.1, 0.15) is 5.56 Å². The van der Waals surface area contributed by atoms with Crippen molar-refractivity contribution in [1.29, 1.82) is 5.26 Å². The molecule has 1 heterocycles. The summed E-state index contributed by atoms with van der Waals surface area (Å²) in [6.45, 7) is 0. The van der Waals surface area contributed by atoms with Crippen LogP contribution < -0.4 is 5.56 Å². The van der Waals surface area contributed by atoms with Gasteiger partial charge in [0.2, 0.25) is 0 Å². The first-order valence-corrected chi connectivity index (χ1v) is 8.87. The highest BCUT2D eigenvalue weighted by atomic mass is 79.9. The maximum Gasteiger partial charge on any atom is 0.266 e. The molecule has 4 rings (SSSR count). The Balaban J connectivity index is 1.95. The number of nitriles is 1. The third-order valence-corrected chi connectivity index (χ3v) is 4.83. The van der Waals surface area contributed by atoms with Crippen molar-refractivity contribution in [3.63, 3.8) is 0 Å². The summed E-state index contributed by atoms with van der Waals surface area (Å²) in [5.41, 5.74) is 2.78. The standard InChI is InChI=1S/C22H13BrN2O/c23-18-7-3-6-16(11-18)19-12-21(25-22(26)20(19)13-24)17-9-8-14-4-1-2-5-15(14)10-17/h1-12H,(H,25,26). The van der Waals surface area contributed by atoms with Crippen molar-refractivity contribution in [2.45, 2.75) is 0 Å². The summed E-state index contributed by atoms with van der Waals surface area (Å²) in [6.07, 6.45) is 0. The molecule has 1 aromatic heterocycles. The summed E-state index contributed by atoms with van der Waals surface area (Å²) in [4.78, 5) is 15.3. The number of benzene rings is 3. The van der Waals surface area contributed by atoms with Gasteiger partial charge in [-0.25, -0.2) is 0 Å². The normalized spacial score (nSPS) is 10.6. The van der Waals surface area contributed by atoms with E-state index >= 15 is 0 Å². The molecule has 124 valence electrons. The van der Waals surface area contributed by atoms with Crippen molar-refractivity contribution >= 4 is 26.7 Å². The second-order valence-corrected chi connectivity index (χ2v) is 6.90. The number of H-pyrrole nitrogens is 1. The van der Waals surface area contributed by atoms with E-state index in [0.29, 0.717) is 11.3 Å². The number of aromatic amines is 1. The molecule has 0 fully saturated rings. The van der Waals surface area contributed by atoms with E-state index in [9.17, 15) is 10.1 Å². The molecule has 0 unspecified atom stereocenters. The van der Waals surface area contributed by atoms with Crippen LogP contribution in [0.5, 0.6) is 0 Å². The molecule has 0 bridgehead atoms. The van der Waals surface area contributed by atoms with Crippen LogP contribution in [0.15, 0.2) is 82.1 Å². The Morgan fingerprint density at radius 2 is 1.65 bits per heavy atom. The number of halogens is 1. The topological polar surface area (TPSA) is 56.6 Å². The molecule has 4 heteroatoms. The third kappa shape index (κ3) is 2.94. The van der Waals surface area contributed by atoms with Gasteiger partial charge >= 0.3 is 0 Å². The minimum Gasteiger partial charge on any atom is -0.321 e. The van der Waals surface area contributed by atoms with E-state index in [0.717, 1.165) is 26.4 Å².